The summed E-state index contributed by atoms with van der Waals surface area (Å²) in [7, 11) is 0. The molecule has 1 aromatic rings. The van der Waals surface area contributed by atoms with Crippen LogP contribution in [0.15, 0.2) is 24.3 Å². The number of ether oxygens (including phenoxy) is 1. The van der Waals surface area contributed by atoms with Crippen molar-refractivity contribution in [2.24, 2.45) is 0 Å². The predicted octanol–water partition coefficient (Wildman–Crippen LogP) is 2.02. The van der Waals surface area contributed by atoms with Crippen LogP contribution in [0.5, 0.6) is 5.75 Å². The van der Waals surface area contributed by atoms with Crippen molar-refractivity contribution < 1.29 is 14.9 Å². The lowest BCUT2D eigenvalue weighted by molar-refractivity contribution is 0.0818. The minimum atomic E-state index is -0.569. The van der Waals surface area contributed by atoms with Gasteiger partial charge in [-0.05, 0) is 31.4 Å². The maximum absolute atomic E-state index is 10.0. The van der Waals surface area contributed by atoms with Gasteiger partial charge in [0.15, 0.2) is 0 Å². The van der Waals surface area contributed by atoms with Crippen LogP contribution in [0, 0.1) is 6.92 Å². The van der Waals surface area contributed by atoms with Gasteiger partial charge in [0.05, 0.1) is 6.10 Å². The molecule has 118 valence electrons. The Kier molecular flexibility index (Phi) is 6.49. The quantitative estimate of drug-likeness (QED) is 0.702. The lowest BCUT2D eigenvalue weighted by Gasteiger charge is -2.23. The van der Waals surface area contributed by atoms with Gasteiger partial charge in [0.25, 0.3) is 0 Å². The summed E-state index contributed by atoms with van der Waals surface area (Å²) in [4.78, 5) is 0. The highest BCUT2D eigenvalue weighted by atomic mass is 16.5. The molecule has 1 aromatic carbocycles. The van der Waals surface area contributed by atoms with Gasteiger partial charge in [-0.25, -0.2) is 0 Å². The zero-order valence-electron chi connectivity index (χ0n) is 12.8. The number of aliphatic hydroxyl groups excluding tert-OH is 2. The molecule has 1 aliphatic rings. The molecule has 0 spiro atoms. The van der Waals surface area contributed by atoms with E-state index in [1.54, 1.807) is 0 Å². The van der Waals surface area contributed by atoms with E-state index in [2.05, 4.69) is 5.32 Å². The van der Waals surface area contributed by atoms with Crippen LogP contribution in [-0.2, 0) is 0 Å². The fourth-order valence-corrected chi connectivity index (χ4v) is 2.78. The van der Waals surface area contributed by atoms with E-state index in [-0.39, 0.29) is 18.8 Å². The fourth-order valence-electron chi connectivity index (χ4n) is 2.78. The maximum atomic E-state index is 10.0. The van der Waals surface area contributed by atoms with Crippen LogP contribution < -0.4 is 10.1 Å². The molecule has 0 aliphatic heterocycles. The molecule has 4 nitrogen and oxygen atoms in total. The second kappa shape index (κ2) is 8.37. The number of nitrogens with one attached hydrogen (secondary N) is 1. The van der Waals surface area contributed by atoms with Crippen LogP contribution in [0.4, 0.5) is 0 Å². The molecule has 0 amide bonds. The molecule has 1 fully saturated rings. The van der Waals surface area contributed by atoms with Crippen molar-refractivity contribution in [1.29, 1.82) is 0 Å². The average Bonchev–Trinajstić information content (AvgIpc) is 2.69. The smallest absolute Gasteiger partial charge is 0.122 e. The summed E-state index contributed by atoms with van der Waals surface area (Å²) in [6.45, 7) is 2.70. The first-order valence-electron chi connectivity index (χ1n) is 7.95. The summed E-state index contributed by atoms with van der Waals surface area (Å²) in [5, 5.41) is 23.3. The fraction of sp³-hybridized carbons (Fsp3) is 0.647. The average molecular weight is 293 g/mol. The highest BCUT2D eigenvalue weighted by Gasteiger charge is 2.21. The summed E-state index contributed by atoms with van der Waals surface area (Å²) >= 11 is 0. The van der Waals surface area contributed by atoms with Gasteiger partial charge in [-0.15, -0.1) is 0 Å². The lowest BCUT2D eigenvalue weighted by atomic mass is 10.1. The summed E-state index contributed by atoms with van der Waals surface area (Å²) in [6, 6.07) is 7.88. The lowest BCUT2D eigenvalue weighted by Crippen LogP contribution is -2.44. The molecule has 2 rings (SSSR count). The molecular weight excluding hydrogens is 266 g/mol. The molecular formula is C17H27NO3. The molecule has 1 saturated carbocycles. The van der Waals surface area contributed by atoms with E-state index in [1.165, 1.54) is 6.42 Å². The number of hydrogen-bond acceptors (Lipinski definition) is 4. The minimum Gasteiger partial charge on any atom is -0.491 e. The Morgan fingerprint density at radius 2 is 2.00 bits per heavy atom. The molecule has 0 aromatic heterocycles. The predicted molar refractivity (Wildman–Crippen MR) is 83.6 cm³/mol. The third kappa shape index (κ3) is 5.30. The SMILES string of the molecule is Cc1ccccc1OCC(O)CNC1CCCCCC1O. The summed E-state index contributed by atoms with van der Waals surface area (Å²) < 4.78 is 5.64. The Bertz CT molecular complexity index is 424. The van der Waals surface area contributed by atoms with E-state index in [1.807, 2.05) is 31.2 Å². The monoisotopic (exact) mass is 293 g/mol. The first-order chi connectivity index (χ1) is 10.2. The van der Waals surface area contributed by atoms with Gasteiger partial charge < -0.3 is 20.3 Å². The summed E-state index contributed by atoms with van der Waals surface area (Å²) in [5.41, 5.74) is 1.07. The van der Waals surface area contributed by atoms with Crippen LogP contribution in [0.2, 0.25) is 0 Å². The van der Waals surface area contributed by atoms with E-state index in [0.29, 0.717) is 6.54 Å². The first kappa shape index (κ1) is 16.3. The second-order valence-electron chi connectivity index (χ2n) is 5.95. The maximum Gasteiger partial charge on any atom is 0.122 e. The summed E-state index contributed by atoms with van der Waals surface area (Å²) in [5.74, 6) is 0.811. The Balaban J connectivity index is 1.72. The number of para-hydroxylation sites is 1. The van der Waals surface area contributed by atoms with Gasteiger partial charge in [0, 0.05) is 12.6 Å². The van der Waals surface area contributed by atoms with Crippen molar-refractivity contribution in [3.05, 3.63) is 29.8 Å². The Labute approximate surface area is 127 Å². The van der Waals surface area contributed by atoms with Gasteiger partial charge in [-0.1, -0.05) is 37.5 Å². The van der Waals surface area contributed by atoms with Crippen molar-refractivity contribution in [1.82, 2.24) is 5.32 Å². The van der Waals surface area contributed by atoms with Gasteiger partial charge in [0.2, 0.25) is 0 Å². The molecule has 0 saturated heterocycles. The molecule has 3 atom stereocenters. The van der Waals surface area contributed by atoms with Gasteiger partial charge in [-0.3, -0.25) is 0 Å². The highest BCUT2D eigenvalue weighted by molar-refractivity contribution is 5.31. The van der Waals surface area contributed by atoms with Crippen molar-refractivity contribution in [2.75, 3.05) is 13.2 Å². The molecule has 0 heterocycles. The van der Waals surface area contributed by atoms with Crippen LogP contribution in [-0.4, -0.2) is 41.6 Å². The molecule has 21 heavy (non-hydrogen) atoms. The van der Waals surface area contributed by atoms with Gasteiger partial charge in [0.1, 0.15) is 18.5 Å². The van der Waals surface area contributed by atoms with Crippen LogP contribution in [0.3, 0.4) is 0 Å². The van der Waals surface area contributed by atoms with E-state index in [9.17, 15) is 10.2 Å². The normalized spacial score (nSPS) is 24.3. The van der Waals surface area contributed by atoms with Crippen LogP contribution >= 0.6 is 0 Å². The van der Waals surface area contributed by atoms with Crippen molar-refractivity contribution >= 4 is 0 Å². The summed E-state index contributed by atoms with van der Waals surface area (Å²) in [6.07, 6.45) is 4.40. The topological polar surface area (TPSA) is 61.7 Å². The van der Waals surface area contributed by atoms with E-state index < -0.39 is 6.10 Å². The molecule has 3 N–H and O–H groups in total. The Morgan fingerprint density at radius 3 is 2.81 bits per heavy atom. The zero-order chi connectivity index (χ0) is 15.1. The minimum absolute atomic E-state index is 0.0978. The van der Waals surface area contributed by atoms with E-state index in [0.717, 1.165) is 37.0 Å². The van der Waals surface area contributed by atoms with Crippen molar-refractivity contribution in [3.8, 4) is 5.75 Å². The van der Waals surface area contributed by atoms with E-state index >= 15 is 0 Å². The molecule has 3 unspecified atom stereocenters. The Morgan fingerprint density at radius 1 is 1.24 bits per heavy atom. The molecule has 1 aliphatic carbocycles. The second-order valence-corrected chi connectivity index (χ2v) is 5.95. The zero-order valence-corrected chi connectivity index (χ0v) is 12.8. The largest absolute Gasteiger partial charge is 0.491 e. The number of aliphatic hydroxyl groups is 2. The third-order valence-corrected chi connectivity index (χ3v) is 4.12. The van der Waals surface area contributed by atoms with Gasteiger partial charge >= 0.3 is 0 Å². The number of hydrogen-bond donors (Lipinski definition) is 3. The van der Waals surface area contributed by atoms with Crippen LogP contribution in [0.1, 0.15) is 37.7 Å². The van der Waals surface area contributed by atoms with E-state index in [4.69, 9.17) is 4.74 Å². The Hall–Kier alpha value is -1.10. The molecule has 0 radical (unpaired) electrons. The number of benzene rings is 1. The third-order valence-electron chi connectivity index (χ3n) is 4.12. The van der Waals surface area contributed by atoms with Gasteiger partial charge in [-0.2, -0.15) is 0 Å². The van der Waals surface area contributed by atoms with Crippen molar-refractivity contribution in [2.45, 2.75) is 57.3 Å². The highest BCUT2D eigenvalue weighted by Crippen LogP contribution is 2.18. The number of aryl methyl sites for hydroxylation is 1. The number of rotatable bonds is 6. The van der Waals surface area contributed by atoms with Crippen LogP contribution in [0.25, 0.3) is 0 Å². The first-order valence-corrected chi connectivity index (χ1v) is 7.95. The molecule has 0 bridgehead atoms. The molecule has 4 heteroatoms. The van der Waals surface area contributed by atoms with Crippen molar-refractivity contribution in [3.63, 3.8) is 0 Å². The standard InChI is InChI=1S/C17H27NO3/c1-13-7-5-6-10-17(13)21-12-14(19)11-18-15-8-3-2-4-9-16(15)20/h5-7,10,14-16,18-20H,2-4,8-9,11-12H2,1H3.